The Labute approximate surface area is 178 Å². The molecule has 1 aliphatic rings. The number of rotatable bonds is 7. The van der Waals surface area contributed by atoms with E-state index < -0.39 is 0 Å². The molecule has 0 spiro atoms. The van der Waals surface area contributed by atoms with E-state index in [0.29, 0.717) is 45.5 Å². The van der Waals surface area contributed by atoms with Gasteiger partial charge in [0.25, 0.3) is 0 Å². The Morgan fingerprint density at radius 2 is 2.07 bits per heavy atom. The maximum Gasteiger partial charge on any atom is 0.173 e. The predicted molar refractivity (Wildman–Crippen MR) is 117 cm³/mol. The maximum atomic E-state index is 7.77. The Balaban J connectivity index is 1.66. The average Bonchev–Trinajstić information content (AvgIpc) is 3.36. The molecule has 0 unspecified atom stereocenters. The first-order valence-corrected chi connectivity index (χ1v) is 9.71. The molecule has 0 bridgehead atoms. The van der Waals surface area contributed by atoms with Crippen LogP contribution in [0, 0.1) is 5.41 Å². The fraction of sp³-hybridized carbons (Fsp3) is 0.238. The average molecular weight is 425 g/mol. The van der Waals surface area contributed by atoms with Crippen LogP contribution >= 0.6 is 11.6 Å². The van der Waals surface area contributed by atoms with E-state index in [1.54, 1.807) is 31.0 Å². The van der Waals surface area contributed by atoms with Crippen molar-refractivity contribution >= 4 is 35.4 Å². The highest BCUT2D eigenvalue weighted by Crippen LogP contribution is 2.38. The van der Waals surface area contributed by atoms with Crippen LogP contribution < -0.4 is 9.47 Å². The number of aromatic nitrogens is 4. The zero-order chi connectivity index (χ0) is 21.3. The Morgan fingerprint density at radius 3 is 2.77 bits per heavy atom. The van der Waals surface area contributed by atoms with Crippen LogP contribution in [0.3, 0.4) is 0 Å². The number of imidazole rings is 1. The van der Waals surface area contributed by atoms with Crippen LogP contribution in [-0.2, 0) is 13.0 Å². The van der Waals surface area contributed by atoms with Crippen LogP contribution in [-0.4, -0.2) is 46.4 Å². The second-order valence-corrected chi connectivity index (χ2v) is 7.18. The van der Waals surface area contributed by atoms with Crippen molar-refractivity contribution in [2.45, 2.75) is 19.4 Å². The molecule has 0 aliphatic carbocycles. The molecular formula is C21H21ClN6O2. The molecule has 0 amide bonds. The van der Waals surface area contributed by atoms with Crippen LogP contribution in [0.5, 0.6) is 11.5 Å². The van der Waals surface area contributed by atoms with E-state index in [1.807, 2.05) is 12.4 Å². The van der Waals surface area contributed by atoms with Crippen molar-refractivity contribution in [1.29, 1.82) is 5.41 Å². The van der Waals surface area contributed by atoms with Gasteiger partial charge in [0.2, 0.25) is 0 Å². The molecule has 3 heterocycles. The van der Waals surface area contributed by atoms with Crippen molar-refractivity contribution in [2.24, 2.45) is 4.99 Å². The molecule has 0 fully saturated rings. The first-order valence-electron chi connectivity index (χ1n) is 9.33. The molecule has 4 rings (SSSR count). The van der Waals surface area contributed by atoms with Gasteiger partial charge in [0.05, 0.1) is 31.5 Å². The van der Waals surface area contributed by atoms with Gasteiger partial charge in [-0.2, -0.15) is 5.10 Å². The highest BCUT2D eigenvalue weighted by atomic mass is 35.5. The summed E-state index contributed by atoms with van der Waals surface area (Å²) in [7, 11) is 3.12. The van der Waals surface area contributed by atoms with Crippen molar-refractivity contribution in [3.63, 3.8) is 0 Å². The molecule has 154 valence electrons. The number of hydrogen-bond acceptors (Lipinski definition) is 6. The Hall–Kier alpha value is -3.39. The smallest absolute Gasteiger partial charge is 0.173 e. The lowest BCUT2D eigenvalue weighted by Crippen LogP contribution is -2.02. The summed E-state index contributed by atoms with van der Waals surface area (Å²) in [6.45, 7) is 4.62. The molecule has 0 atom stereocenters. The molecule has 0 saturated heterocycles. The van der Waals surface area contributed by atoms with Gasteiger partial charge >= 0.3 is 0 Å². The summed E-state index contributed by atoms with van der Waals surface area (Å²) >= 11 is 6.46. The number of hydrogen-bond donors (Lipinski definition) is 2. The van der Waals surface area contributed by atoms with E-state index in [1.165, 1.54) is 6.21 Å². The molecular weight excluding hydrogens is 404 g/mol. The maximum absolute atomic E-state index is 7.77. The molecule has 8 nitrogen and oxygen atoms in total. The minimum Gasteiger partial charge on any atom is -0.493 e. The first-order chi connectivity index (χ1) is 14.5. The lowest BCUT2D eigenvalue weighted by Gasteiger charge is -2.13. The number of nitrogens with one attached hydrogen (secondary N) is 2. The van der Waals surface area contributed by atoms with Gasteiger partial charge in [0, 0.05) is 35.8 Å². The number of ether oxygens (including phenoxy) is 2. The van der Waals surface area contributed by atoms with E-state index in [-0.39, 0.29) is 0 Å². The lowest BCUT2D eigenvalue weighted by molar-refractivity contribution is 0.355. The van der Waals surface area contributed by atoms with Crippen LogP contribution in [0.25, 0.3) is 5.57 Å². The number of methoxy groups -OCH3 is 2. The number of halogens is 1. The van der Waals surface area contributed by atoms with Crippen molar-refractivity contribution in [1.82, 2.24) is 19.7 Å². The summed E-state index contributed by atoms with van der Waals surface area (Å²) in [5, 5.41) is 12.7. The largest absolute Gasteiger partial charge is 0.493 e. The topological polar surface area (TPSA) is 101 Å². The Morgan fingerprint density at radius 1 is 1.30 bits per heavy atom. The number of aliphatic imine (C=N–C) groups is 1. The highest BCUT2D eigenvalue weighted by Gasteiger charge is 2.18. The monoisotopic (exact) mass is 424 g/mol. The number of H-pyrrole nitrogens is 1. The molecule has 0 radical (unpaired) electrons. The minimum absolute atomic E-state index is 0.427. The SMILES string of the molecule is C=C(c1cc(OC)c(OC)cc1Cl)c1cn(Cc2nc3c([nH]2)CCC=N3)nc1C=N. The van der Waals surface area contributed by atoms with Crippen molar-refractivity contribution in [3.05, 3.63) is 58.3 Å². The normalized spacial score (nSPS) is 12.5. The van der Waals surface area contributed by atoms with Crippen molar-refractivity contribution in [2.75, 3.05) is 14.2 Å². The zero-order valence-corrected chi connectivity index (χ0v) is 17.5. The Bertz CT molecular complexity index is 1160. The second-order valence-electron chi connectivity index (χ2n) is 6.77. The van der Waals surface area contributed by atoms with Crippen LogP contribution in [0.15, 0.2) is 29.9 Å². The van der Waals surface area contributed by atoms with Crippen LogP contribution in [0.2, 0.25) is 5.02 Å². The molecule has 1 aromatic carbocycles. The number of fused-ring (bicyclic) bond motifs is 1. The van der Waals surface area contributed by atoms with Gasteiger partial charge in [-0.15, -0.1) is 0 Å². The standard InChI is InChI=1S/C21H21ClN6O2/c1-12(13-7-18(29-2)19(30-3)8-15(13)22)14-10-28(27-17(14)9-23)11-20-25-16-5-4-6-24-21(16)26-20/h6-10,23H,1,4-5,11H2,2-3H3,(H,25,26). The van der Waals surface area contributed by atoms with E-state index in [0.717, 1.165) is 30.2 Å². The summed E-state index contributed by atoms with van der Waals surface area (Å²) < 4.78 is 12.4. The summed E-state index contributed by atoms with van der Waals surface area (Å²) in [4.78, 5) is 12.2. The van der Waals surface area contributed by atoms with Gasteiger partial charge < -0.3 is 19.9 Å². The molecule has 2 N–H and O–H groups in total. The van der Waals surface area contributed by atoms with Crippen molar-refractivity contribution in [3.8, 4) is 11.5 Å². The predicted octanol–water partition coefficient (Wildman–Crippen LogP) is 4.03. The fourth-order valence-corrected chi connectivity index (χ4v) is 3.68. The Kier molecular flexibility index (Phi) is 5.41. The quantitative estimate of drug-likeness (QED) is 0.559. The summed E-state index contributed by atoms with van der Waals surface area (Å²) in [5.74, 6) is 2.58. The van der Waals surface area contributed by atoms with Crippen LogP contribution in [0.4, 0.5) is 5.82 Å². The highest BCUT2D eigenvalue weighted by molar-refractivity contribution is 6.32. The van der Waals surface area contributed by atoms with Gasteiger partial charge in [0.15, 0.2) is 17.3 Å². The summed E-state index contributed by atoms with van der Waals surface area (Å²) in [6, 6.07) is 3.45. The summed E-state index contributed by atoms with van der Waals surface area (Å²) in [6.07, 6.45) is 6.72. The van der Waals surface area contributed by atoms with Gasteiger partial charge in [-0.3, -0.25) is 4.68 Å². The van der Waals surface area contributed by atoms with Crippen LogP contribution in [0.1, 0.15) is 34.8 Å². The molecule has 3 aromatic rings. The molecule has 9 heteroatoms. The number of nitrogens with zero attached hydrogens (tertiary/aromatic N) is 4. The second kappa shape index (κ2) is 8.16. The van der Waals surface area contributed by atoms with Crippen molar-refractivity contribution < 1.29 is 9.47 Å². The molecule has 30 heavy (non-hydrogen) atoms. The van der Waals surface area contributed by atoms with Gasteiger partial charge in [0.1, 0.15) is 11.5 Å². The lowest BCUT2D eigenvalue weighted by atomic mass is 9.99. The van der Waals surface area contributed by atoms with E-state index in [2.05, 4.69) is 26.6 Å². The van der Waals surface area contributed by atoms with Gasteiger partial charge in [-0.1, -0.05) is 18.2 Å². The number of aryl methyl sites for hydroxylation is 1. The van der Waals surface area contributed by atoms with Gasteiger partial charge in [-0.25, -0.2) is 9.98 Å². The third kappa shape index (κ3) is 3.61. The fourth-order valence-electron chi connectivity index (χ4n) is 3.41. The summed E-state index contributed by atoms with van der Waals surface area (Å²) in [5.41, 5.74) is 3.54. The minimum atomic E-state index is 0.427. The van der Waals surface area contributed by atoms with Gasteiger partial charge in [-0.05, 0) is 24.5 Å². The molecule has 0 saturated carbocycles. The van der Waals surface area contributed by atoms with E-state index >= 15 is 0 Å². The van der Waals surface area contributed by atoms with E-state index in [9.17, 15) is 0 Å². The third-order valence-electron chi connectivity index (χ3n) is 4.91. The zero-order valence-electron chi connectivity index (χ0n) is 16.7. The molecule has 1 aliphatic heterocycles. The number of aromatic amines is 1. The first kappa shape index (κ1) is 19.9. The molecule has 2 aromatic heterocycles. The number of benzene rings is 1. The third-order valence-corrected chi connectivity index (χ3v) is 5.22. The van der Waals surface area contributed by atoms with E-state index in [4.69, 9.17) is 26.5 Å².